The molecule has 0 saturated carbocycles. The smallest absolute Gasteiger partial charge is 0.217 e. The molecule has 0 aliphatic heterocycles. The van der Waals surface area contributed by atoms with Crippen molar-refractivity contribution in [2.45, 2.75) is 33.2 Å². The van der Waals surface area contributed by atoms with Crippen LogP contribution in [0.15, 0.2) is 24.3 Å². The van der Waals surface area contributed by atoms with Gasteiger partial charge in [-0.2, -0.15) is 5.10 Å². The van der Waals surface area contributed by atoms with Crippen LogP contribution < -0.4 is 10.1 Å². The first-order valence-electron chi connectivity index (χ1n) is 7.22. The van der Waals surface area contributed by atoms with Gasteiger partial charge in [-0.05, 0) is 45.0 Å². The van der Waals surface area contributed by atoms with Crippen molar-refractivity contribution in [2.75, 3.05) is 6.54 Å². The van der Waals surface area contributed by atoms with Crippen molar-refractivity contribution in [3.05, 3.63) is 41.3 Å². The summed E-state index contributed by atoms with van der Waals surface area (Å²) in [5.41, 5.74) is 1.69. The lowest BCUT2D eigenvalue weighted by atomic mass is 10.1. The maximum Gasteiger partial charge on any atom is 0.217 e. The Kier molecular flexibility index (Phi) is 4.96. The molecule has 1 aromatic carbocycles. The van der Waals surface area contributed by atoms with E-state index in [4.69, 9.17) is 4.74 Å². The SMILES string of the molecule is CCCNC(C)c1cc(F)ccc1Oc1cc(C)nn1C. The van der Waals surface area contributed by atoms with Crippen molar-refractivity contribution in [1.82, 2.24) is 15.1 Å². The molecular weight excluding hydrogens is 269 g/mol. The molecule has 1 heterocycles. The predicted octanol–water partition coefficient (Wildman–Crippen LogP) is 3.72. The minimum atomic E-state index is -0.260. The molecule has 1 unspecified atom stereocenters. The van der Waals surface area contributed by atoms with Gasteiger partial charge in [-0.25, -0.2) is 9.07 Å². The number of benzene rings is 1. The first-order chi connectivity index (χ1) is 10.0. The lowest BCUT2D eigenvalue weighted by molar-refractivity contribution is 0.416. The number of aryl methyl sites for hydroxylation is 2. The van der Waals surface area contributed by atoms with Crippen molar-refractivity contribution in [3.63, 3.8) is 0 Å². The number of halogens is 1. The van der Waals surface area contributed by atoms with Crippen molar-refractivity contribution in [3.8, 4) is 11.6 Å². The van der Waals surface area contributed by atoms with E-state index in [1.807, 2.05) is 27.0 Å². The lowest BCUT2D eigenvalue weighted by Crippen LogP contribution is -2.20. The third-order valence-electron chi connectivity index (χ3n) is 3.31. The van der Waals surface area contributed by atoms with Crippen LogP contribution in [0.5, 0.6) is 11.6 Å². The number of rotatable bonds is 6. The monoisotopic (exact) mass is 291 g/mol. The second-order valence-electron chi connectivity index (χ2n) is 5.21. The average molecular weight is 291 g/mol. The molecule has 0 amide bonds. The van der Waals surface area contributed by atoms with E-state index >= 15 is 0 Å². The second-order valence-corrected chi connectivity index (χ2v) is 5.21. The number of nitrogens with zero attached hydrogens (tertiary/aromatic N) is 2. The molecule has 0 radical (unpaired) electrons. The summed E-state index contributed by atoms with van der Waals surface area (Å²) in [6.45, 7) is 6.89. The fourth-order valence-electron chi connectivity index (χ4n) is 2.22. The van der Waals surface area contributed by atoms with Crippen LogP contribution in [0.25, 0.3) is 0 Å². The average Bonchev–Trinajstić information content (AvgIpc) is 2.76. The van der Waals surface area contributed by atoms with E-state index < -0.39 is 0 Å². The van der Waals surface area contributed by atoms with Crippen molar-refractivity contribution in [1.29, 1.82) is 0 Å². The van der Waals surface area contributed by atoms with Crippen LogP contribution in [0.1, 0.15) is 37.6 Å². The number of aromatic nitrogens is 2. The van der Waals surface area contributed by atoms with E-state index in [1.54, 1.807) is 10.7 Å². The molecule has 0 fully saturated rings. The number of hydrogen-bond acceptors (Lipinski definition) is 3. The van der Waals surface area contributed by atoms with Gasteiger partial charge in [0.1, 0.15) is 11.6 Å². The summed E-state index contributed by atoms with van der Waals surface area (Å²) >= 11 is 0. The molecule has 1 aromatic heterocycles. The Hall–Kier alpha value is -1.88. The van der Waals surface area contributed by atoms with E-state index in [0.29, 0.717) is 11.6 Å². The van der Waals surface area contributed by atoms with E-state index in [2.05, 4.69) is 17.3 Å². The van der Waals surface area contributed by atoms with Gasteiger partial charge in [0.25, 0.3) is 0 Å². The van der Waals surface area contributed by atoms with E-state index in [-0.39, 0.29) is 11.9 Å². The van der Waals surface area contributed by atoms with Gasteiger partial charge < -0.3 is 10.1 Å². The highest BCUT2D eigenvalue weighted by Crippen LogP contribution is 2.30. The Morgan fingerprint density at radius 2 is 2.14 bits per heavy atom. The van der Waals surface area contributed by atoms with Gasteiger partial charge in [-0.1, -0.05) is 6.92 Å². The summed E-state index contributed by atoms with van der Waals surface area (Å²) in [5.74, 6) is 1.03. The van der Waals surface area contributed by atoms with Gasteiger partial charge in [0.2, 0.25) is 5.88 Å². The maximum atomic E-state index is 13.6. The fraction of sp³-hybridized carbons (Fsp3) is 0.438. The summed E-state index contributed by atoms with van der Waals surface area (Å²) in [4.78, 5) is 0. The molecule has 0 aliphatic rings. The topological polar surface area (TPSA) is 39.1 Å². The molecule has 5 heteroatoms. The van der Waals surface area contributed by atoms with Crippen LogP contribution in [0.2, 0.25) is 0 Å². The van der Waals surface area contributed by atoms with Gasteiger partial charge in [-0.3, -0.25) is 0 Å². The number of nitrogens with one attached hydrogen (secondary N) is 1. The Balaban J connectivity index is 2.28. The highest BCUT2D eigenvalue weighted by atomic mass is 19.1. The highest BCUT2D eigenvalue weighted by Gasteiger charge is 2.14. The lowest BCUT2D eigenvalue weighted by Gasteiger charge is -2.18. The molecule has 21 heavy (non-hydrogen) atoms. The van der Waals surface area contributed by atoms with Crippen molar-refractivity contribution in [2.24, 2.45) is 7.05 Å². The predicted molar refractivity (Wildman–Crippen MR) is 81.1 cm³/mol. The van der Waals surface area contributed by atoms with Gasteiger partial charge >= 0.3 is 0 Å². The van der Waals surface area contributed by atoms with Crippen LogP contribution in [0.3, 0.4) is 0 Å². The highest BCUT2D eigenvalue weighted by molar-refractivity contribution is 5.39. The first-order valence-corrected chi connectivity index (χ1v) is 7.22. The minimum Gasteiger partial charge on any atom is -0.439 e. The Labute approximate surface area is 124 Å². The largest absolute Gasteiger partial charge is 0.439 e. The van der Waals surface area contributed by atoms with Crippen molar-refractivity contribution < 1.29 is 9.13 Å². The molecule has 1 atom stereocenters. The molecule has 2 aromatic rings. The second kappa shape index (κ2) is 6.72. The fourth-order valence-corrected chi connectivity index (χ4v) is 2.22. The standard InChI is InChI=1S/C16H22FN3O/c1-5-8-18-12(3)14-10-13(17)6-7-15(14)21-16-9-11(2)19-20(16)4/h6-7,9-10,12,18H,5,8H2,1-4H3. The summed E-state index contributed by atoms with van der Waals surface area (Å²) in [6, 6.07) is 6.47. The van der Waals surface area contributed by atoms with Gasteiger partial charge in [0, 0.05) is 24.7 Å². The number of ether oxygens (including phenoxy) is 1. The molecule has 0 saturated heterocycles. The van der Waals surface area contributed by atoms with Gasteiger partial charge in [0.15, 0.2) is 0 Å². The zero-order valence-electron chi connectivity index (χ0n) is 13.0. The molecule has 0 aliphatic carbocycles. The van der Waals surface area contributed by atoms with Crippen LogP contribution in [-0.4, -0.2) is 16.3 Å². The molecule has 1 N–H and O–H groups in total. The Morgan fingerprint density at radius 1 is 1.38 bits per heavy atom. The molecule has 0 spiro atoms. The quantitative estimate of drug-likeness (QED) is 0.881. The summed E-state index contributed by atoms with van der Waals surface area (Å²) in [7, 11) is 1.82. The first kappa shape index (κ1) is 15.5. The molecule has 2 rings (SSSR count). The third kappa shape index (κ3) is 3.82. The number of hydrogen-bond donors (Lipinski definition) is 1. The zero-order chi connectivity index (χ0) is 15.4. The summed E-state index contributed by atoms with van der Waals surface area (Å²) in [6.07, 6.45) is 1.02. The maximum absolute atomic E-state index is 13.6. The molecule has 0 bridgehead atoms. The van der Waals surface area contributed by atoms with E-state index in [9.17, 15) is 4.39 Å². The Bertz CT molecular complexity index is 610. The minimum absolute atomic E-state index is 0.0185. The summed E-state index contributed by atoms with van der Waals surface area (Å²) < 4.78 is 21.1. The van der Waals surface area contributed by atoms with Crippen LogP contribution in [0, 0.1) is 12.7 Å². The van der Waals surface area contributed by atoms with Gasteiger partial charge in [0.05, 0.1) is 5.69 Å². The van der Waals surface area contributed by atoms with Gasteiger partial charge in [-0.15, -0.1) is 0 Å². The normalized spacial score (nSPS) is 12.4. The Morgan fingerprint density at radius 3 is 2.76 bits per heavy atom. The van der Waals surface area contributed by atoms with Crippen molar-refractivity contribution >= 4 is 0 Å². The zero-order valence-corrected chi connectivity index (χ0v) is 13.0. The van der Waals surface area contributed by atoms with E-state index in [1.165, 1.54) is 12.1 Å². The molecular formula is C16H22FN3O. The summed E-state index contributed by atoms with van der Waals surface area (Å²) in [5, 5.41) is 7.60. The molecule has 4 nitrogen and oxygen atoms in total. The molecule has 114 valence electrons. The van der Waals surface area contributed by atoms with Crippen LogP contribution in [-0.2, 0) is 7.05 Å². The van der Waals surface area contributed by atoms with Crippen LogP contribution in [0.4, 0.5) is 4.39 Å². The van der Waals surface area contributed by atoms with E-state index in [0.717, 1.165) is 24.2 Å². The third-order valence-corrected chi connectivity index (χ3v) is 3.31. The van der Waals surface area contributed by atoms with Crippen LogP contribution >= 0.6 is 0 Å².